The van der Waals surface area contributed by atoms with E-state index in [9.17, 15) is 0 Å². The van der Waals surface area contributed by atoms with Gasteiger partial charge in [-0.25, -0.2) is 14.7 Å². The van der Waals surface area contributed by atoms with E-state index in [0.29, 0.717) is 0 Å². The van der Waals surface area contributed by atoms with Gasteiger partial charge in [0.15, 0.2) is 0 Å². The third kappa shape index (κ3) is 13.9. The molecule has 4 nitrogen and oxygen atoms in total. The van der Waals surface area contributed by atoms with Crippen LogP contribution >= 0.6 is 0 Å². The van der Waals surface area contributed by atoms with Crippen LogP contribution < -0.4 is 0 Å². The summed E-state index contributed by atoms with van der Waals surface area (Å²) >= 11 is 0. The lowest BCUT2D eigenvalue weighted by Crippen LogP contribution is -2.31. The van der Waals surface area contributed by atoms with Crippen molar-refractivity contribution in [3.63, 3.8) is 0 Å². The van der Waals surface area contributed by atoms with Crippen LogP contribution in [0.2, 0.25) is 0 Å². The summed E-state index contributed by atoms with van der Waals surface area (Å²) in [6.07, 6.45) is 1.90. The molecule has 0 fully saturated rings. The number of hydrogen-bond donors (Lipinski definition) is 1. The Balaban J connectivity index is 0. The standard InChI is InChI=1S/C10H22O2.C4H10O2/c1-7-9(3,4)11-12-10(5,6)8-2;1-4(2,3)6-5/h7-8H2,1-6H3;5H,1-3H3. The van der Waals surface area contributed by atoms with Crippen LogP contribution in [0.4, 0.5) is 0 Å². The normalized spacial score (nSPS) is 13.0. The van der Waals surface area contributed by atoms with Gasteiger partial charge in [-0.05, 0) is 61.3 Å². The highest BCUT2D eigenvalue weighted by Crippen LogP contribution is 2.21. The zero-order valence-electron chi connectivity index (χ0n) is 13.6. The summed E-state index contributed by atoms with van der Waals surface area (Å²) in [6.45, 7) is 17.6. The fourth-order valence-electron chi connectivity index (χ4n) is 0.343. The van der Waals surface area contributed by atoms with Gasteiger partial charge < -0.3 is 0 Å². The van der Waals surface area contributed by atoms with Crippen LogP contribution in [0.5, 0.6) is 0 Å². The van der Waals surface area contributed by atoms with E-state index in [0.717, 1.165) is 12.8 Å². The maximum absolute atomic E-state index is 7.90. The highest BCUT2D eigenvalue weighted by atomic mass is 17.2. The SMILES string of the molecule is CC(C)(C)OO.CCC(C)(C)OOC(C)(C)CC. The van der Waals surface area contributed by atoms with Gasteiger partial charge >= 0.3 is 0 Å². The topological polar surface area (TPSA) is 47.9 Å². The lowest BCUT2D eigenvalue weighted by molar-refractivity contribution is -0.401. The average Bonchev–Trinajstić information content (AvgIpc) is 2.27. The first-order valence-electron chi connectivity index (χ1n) is 6.58. The van der Waals surface area contributed by atoms with Gasteiger partial charge in [0.2, 0.25) is 0 Å². The Morgan fingerprint density at radius 1 is 0.722 bits per heavy atom. The molecule has 0 saturated heterocycles. The molecule has 0 aliphatic rings. The predicted molar refractivity (Wildman–Crippen MR) is 74.4 cm³/mol. The van der Waals surface area contributed by atoms with Crippen LogP contribution in [0.1, 0.15) is 75.2 Å². The second kappa shape index (κ2) is 8.10. The fourth-order valence-corrected chi connectivity index (χ4v) is 0.343. The Morgan fingerprint density at radius 2 is 0.944 bits per heavy atom. The Bertz CT molecular complexity index is 188. The van der Waals surface area contributed by atoms with E-state index < -0.39 is 5.60 Å². The molecular weight excluding hydrogens is 232 g/mol. The molecule has 0 saturated carbocycles. The van der Waals surface area contributed by atoms with Crippen LogP contribution in [0, 0.1) is 0 Å². The molecule has 0 aromatic rings. The summed E-state index contributed by atoms with van der Waals surface area (Å²) in [4.78, 5) is 14.6. The van der Waals surface area contributed by atoms with Crippen molar-refractivity contribution in [2.24, 2.45) is 0 Å². The molecule has 0 bridgehead atoms. The minimum absolute atomic E-state index is 0.174. The molecule has 112 valence electrons. The van der Waals surface area contributed by atoms with Gasteiger partial charge in [0, 0.05) is 0 Å². The quantitative estimate of drug-likeness (QED) is 0.583. The van der Waals surface area contributed by atoms with Crippen molar-refractivity contribution in [3.8, 4) is 0 Å². The van der Waals surface area contributed by atoms with Gasteiger partial charge in [-0.1, -0.05) is 13.8 Å². The van der Waals surface area contributed by atoms with Crippen LogP contribution in [0.15, 0.2) is 0 Å². The lowest BCUT2D eigenvalue weighted by atomic mass is 10.1. The zero-order valence-corrected chi connectivity index (χ0v) is 13.6. The second-order valence-corrected chi connectivity index (χ2v) is 6.60. The smallest absolute Gasteiger partial charge is 0.0977 e. The van der Waals surface area contributed by atoms with E-state index in [1.165, 1.54) is 0 Å². The zero-order chi connectivity index (χ0) is 15.0. The summed E-state index contributed by atoms with van der Waals surface area (Å²) in [5.74, 6) is 0. The molecule has 18 heavy (non-hydrogen) atoms. The van der Waals surface area contributed by atoms with E-state index in [-0.39, 0.29) is 11.2 Å². The van der Waals surface area contributed by atoms with Crippen molar-refractivity contribution >= 4 is 0 Å². The molecule has 4 heteroatoms. The summed E-state index contributed by atoms with van der Waals surface area (Å²) in [7, 11) is 0. The average molecular weight is 264 g/mol. The van der Waals surface area contributed by atoms with Gasteiger partial charge in [-0.2, -0.15) is 0 Å². The molecule has 0 radical (unpaired) electrons. The maximum atomic E-state index is 7.90. The predicted octanol–water partition coefficient (Wildman–Crippen LogP) is 4.59. The molecule has 0 unspecified atom stereocenters. The molecular formula is C14H32O4. The molecule has 0 aromatic heterocycles. The maximum Gasteiger partial charge on any atom is 0.0977 e. The molecule has 0 aliphatic carbocycles. The molecule has 0 rings (SSSR count). The van der Waals surface area contributed by atoms with Gasteiger partial charge in [0.1, 0.15) is 0 Å². The summed E-state index contributed by atoms with van der Waals surface area (Å²) in [5, 5.41) is 7.90. The highest BCUT2D eigenvalue weighted by molar-refractivity contribution is 4.66. The van der Waals surface area contributed by atoms with E-state index in [1.807, 2.05) is 27.7 Å². The van der Waals surface area contributed by atoms with Crippen LogP contribution in [0.25, 0.3) is 0 Å². The number of hydrogen-bond acceptors (Lipinski definition) is 4. The van der Waals surface area contributed by atoms with Crippen LogP contribution in [-0.4, -0.2) is 22.1 Å². The largest absolute Gasteiger partial charge is 0.251 e. The minimum Gasteiger partial charge on any atom is -0.251 e. The summed E-state index contributed by atoms with van der Waals surface area (Å²) < 4.78 is 0. The highest BCUT2D eigenvalue weighted by Gasteiger charge is 2.23. The van der Waals surface area contributed by atoms with E-state index in [4.69, 9.17) is 15.0 Å². The molecule has 1 N–H and O–H groups in total. The van der Waals surface area contributed by atoms with Gasteiger partial charge in [-0.15, -0.1) is 0 Å². The first kappa shape index (κ1) is 20.2. The van der Waals surface area contributed by atoms with E-state index >= 15 is 0 Å². The van der Waals surface area contributed by atoms with Crippen LogP contribution in [0.3, 0.4) is 0 Å². The van der Waals surface area contributed by atoms with E-state index in [2.05, 4.69) is 18.7 Å². The second-order valence-electron chi connectivity index (χ2n) is 6.60. The third-order valence-electron chi connectivity index (χ3n) is 2.47. The summed E-state index contributed by atoms with van der Waals surface area (Å²) in [5.41, 5.74) is -0.751. The Kier molecular flexibility index (Phi) is 9.07. The molecule has 0 aromatic carbocycles. The Morgan fingerprint density at radius 3 is 1.06 bits per heavy atom. The Hall–Kier alpha value is -0.160. The minimum atomic E-state index is -0.403. The molecule has 0 spiro atoms. The molecule has 0 amide bonds. The summed E-state index contributed by atoms with van der Waals surface area (Å²) in [6, 6.07) is 0. The van der Waals surface area contributed by atoms with Crippen molar-refractivity contribution in [2.45, 2.75) is 92.0 Å². The van der Waals surface area contributed by atoms with Crippen LogP contribution in [-0.2, 0) is 14.7 Å². The van der Waals surface area contributed by atoms with E-state index in [1.54, 1.807) is 20.8 Å². The molecule has 0 atom stereocenters. The third-order valence-corrected chi connectivity index (χ3v) is 2.47. The van der Waals surface area contributed by atoms with Gasteiger partial charge in [-0.3, -0.25) is 5.26 Å². The van der Waals surface area contributed by atoms with Gasteiger partial charge in [0.25, 0.3) is 0 Å². The molecule has 0 heterocycles. The van der Waals surface area contributed by atoms with Crippen molar-refractivity contribution in [3.05, 3.63) is 0 Å². The van der Waals surface area contributed by atoms with Crippen molar-refractivity contribution < 1.29 is 19.9 Å². The lowest BCUT2D eigenvalue weighted by Gasteiger charge is -2.29. The Labute approximate surface area is 112 Å². The van der Waals surface area contributed by atoms with Crippen molar-refractivity contribution in [2.75, 3.05) is 0 Å². The molecule has 0 aliphatic heterocycles. The van der Waals surface area contributed by atoms with Crippen molar-refractivity contribution in [1.82, 2.24) is 0 Å². The fraction of sp³-hybridized carbons (Fsp3) is 1.00. The first-order valence-corrected chi connectivity index (χ1v) is 6.58. The number of rotatable bonds is 5. The first-order chi connectivity index (χ1) is 7.89. The van der Waals surface area contributed by atoms with Gasteiger partial charge in [0.05, 0.1) is 16.8 Å². The monoisotopic (exact) mass is 264 g/mol. The van der Waals surface area contributed by atoms with Crippen molar-refractivity contribution in [1.29, 1.82) is 0 Å².